The second-order valence-electron chi connectivity index (χ2n) is 7.98. The molecule has 0 fully saturated rings. The Balaban J connectivity index is 1.66. The minimum absolute atomic E-state index is 0.0947. The third-order valence-corrected chi connectivity index (χ3v) is 5.70. The highest BCUT2D eigenvalue weighted by atomic mass is 19.1. The van der Waals surface area contributed by atoms with Crippen molar-refractivity contribution in [2.24, 2.45) is 5.41 Å². The molecule has 150 valence electrons. The van der Waals surface area contributed by atoms with Crippen molar-refractivity contribution in [2.45, 2.75) is 46.1 Å². The van der Waals surface area contributed by atoms with Crippen LogP contribution in [0.1, 0.15) is 39.7 Å². The van der Waals surface area contributed by atoms with Gasteiger partial charge in [-0.15, -0.1) is 0 Å². The van der Waals surface area contributed by atoms with Crippen LogP contribution < -0.4 is 10.6 Å². The van der Waals surface area contributed by atoms with Crippen molar-refractivity contribution < 1.29 is 14.0 Å². The second kappa shape index (κ2) is 7.41. The molecule has 1 unspecified atom stereocenters. The van der Waals surface area contributed by atoms with E-state index < -0.39 is 11.0 Å². The van der Waals surface area contributed by atoms with Gasteiger partial charge >= 0.3 is 0 Å². The average molecular weight is 385 g/mol. The summed E-state index contributed by atoms with van der Waals surface area (Å²) in [6.45, 7) is 9.02. The number of halogens is 1. The molecule has 0 bridgehead atoms. The van der Waals surface area contributed by atoms with Gasteiger partial charge in [0.25, 0.3) is 0 Å². The highest BCUT2D eigenvalue weighted by Gasteiger charge is 2.40. The van der Waals surface area contributed by atoms with Crippen LogP contribution in [-0.4, -0.2) is 35.3 Å². The minimum atomic E-state index is -0.845. The summed E-state index contributed by atoms with van der Waals surface area (Å²) >= 11 is 0. The van der Waals surface area contributed by atoms with Crippen molar-refractivity contribution >= 4 is 17.5 Å². The number of carbonyl (C=O) groups excluding carboxylic acids is 2. The molecule has 1 aliphatic carbocycles. The van der Waals surface area contributed by atoms with Gasteiger partial charge in [-0.3, -0.25) is 9.59 Å². The average Bonchev–Trinajstić information content (AvgIpc) is 3.01. The fourth-order valence-electron chi connectivity index (χ4n) is 3.81. The molecule has 0 radical (unpaired) electrons. The lowest BCUT2D eigenvalue weighted by Crippen LogP contribution is -2.49. The monoisotopic (exact) mass is 385 g/mol. The summed E-state index contributed by atoms with van der Waals surface area (Å²) in [5.41, 5.74) is 0.819. The summed E-state index contributed by atoms with van der Waals surface area (Å²) in [7, 11) is 0. The molecule has 0 spiro atoms. The van der Waals surface area contributed by atoms with Crippen molar-refractivity contribution in [3.8, 4) is 0 Å². The van der Waals surface area contributed by atoms with Crippen LogP contribution in [0.4, 0.5) is 10.1 Å². The van der Waals surface area contributed by atoms with E-state index in [9.17, 15) is 14.0 Å². The number of rotatable bonds is 5. The number of nitrogens with zero attached hydrogens (tertiary/aromatic N) is 1. The smallest absolute Gasteiger partial charge is 0.250 e. The molecule has 1 heterocycles. The molecule has 3 rings (SSSR count). The van der Waals surface area contributed by atoms with Crippen LogP contribution in [0, 0.1) is 11.2 Å². The topological polar surface area (TPSA) is 61.4 Å². The number of hydrogen-bond donors (Lipinski definition) is 2. The second-order valence-corrected chi connectivity index (χ2v) is 7.98. The summed E-state index contributed by atoms with van der Waals surface area (Å²) < 4.78 is 13.5. The summed E-state index contributed by atoms with van der Waals surface area (Å²) in [5.74, 6) is -0.392. The standard InChI is InChI=1S/C22H28FN3O2/c1-5-26(6-2)20(28)21(3)11-9-17(10-12-21)24-19(27)22(4)14-15-13-16(23)7-8-18(15)25-22/h7-11,13,25H,5-6,12,14H2,1-4H3,(H,24,27)/t21?,22-/m1/s1. The first-order valence-electron chi connectivity index (χ1n) is 9.77. The largest absolute Gasteiger partial charge is 0.371 e. The summed E-state index contributed by atoms with van der Waals surface area (Å²) in [4.78, 5) is 27.4. The molecule has 2 amide bonds. The lowest BCUT2D eigenvalue weighted by Gasteiger charge is -2.33. The first kappa shape index (κ1) is 20.1. The van der Waals surface area contributed by atoms with Crippen molar-refractivity contribution in [3.63, 3.8) is 0 Å². The summed E-state index contributed by atoms with van der Waals surface area (Å²) in [5, 5.41) is 6.14. The number of anilines is 1. The van der Waals surface area contributed by atoms with Crippen LogP contribution in [0.25, 0.3) is 0 Å². The maximum Gasteiger partial charge on any atom is 0.250 e. The Morgan fingerprint density at radius 3 is 2.57 bits per heavy atom. The van der Waals surface area contributed by atoms with E-state index in [0.717, 1.165) is 11.3 Å². The molecule has 0 saturated heterocycles. The maximum absolute atomic E-state index is 13.5. The van der Waals surface area contributed by atoms with Gasteiger partial charge in [-0.25, -0.2) is 4.39 Å². The van der Waals surface area contributed by atoms with Crippen LogP contribution in [0.3, 0.4) is 0 Å². The number of hydrogen-bond acceptors (Lipinski definition) is 3. The number of carbonyl (C=O) groups is 2. The van der Waals surface area contributed by atoms with E-state index >= 15 is 0 Å². The highest BCUT2D eigenvalue weighted by molar-refractivity contribution is 5.93. The van der Waals surface area contributed by atoms with Crippen molar-refractivity contribution in [2.75, 3.05) is 18.4 Å². The van der Waals surface area contributed by atoms with Crippen LogP contribution >= 0.6 is 0 Å². The molecular weight excluding hydrogens is 357 g/mol. The third-order valence-electron chi connectivity index (χ3n) is 5.70. The Bertz CT molecular complexity index is 859. The Kier molecular flexibility index (Phi) is 5.33. The molecule has 1 aromatic carbocycles. The van der Waals surface area contributed by atoms with Gasteiger partial charge in [-0.1, -0.05) is 12.2 Å². The van der Waals surface area contributed by atoms with Gasteiger partial charge in [0.05, 0.1) is 5.41 Å². The van der Waals surface area contributed by atoms with Gasteiger partial charge in [0.2, 0.25) is 11.8 Å². The SMILES string of the molecule is CCN(CC)C(=O)C1(C)C=CC(NC(=O)[C@@]2(C)Cc3cc(F)ccc3N2)=CC1. The van der Waals surface area contributed by atoms with Gasteiger partial charge in [-0.2, -0.15) is 0 Å². The van der Waals surface area contributed by atoms with Gasteiger partial charge in [0.15, 0.2) is 0 Å². The van der Waals surface area contributed by atoms with E-state index in [-0.39, 0.29) is 17.6 Å². The minimum Gasteiger partial charge on any atom is -0.371 e. The zero-order chi connectivity index (χ0) is 20.5. The molecule has 1 aromatic rings. The predicted octanol–water partition coefficient (Wildman–Crippen LogP) is 3.39. The van der Waals surface area contributed by atoms with Gasteiger partial charge < -0.3 is 15.5 Å². The zero-order valence-corrected chi connectivity index (χ0v) is 16.9. The lowest BCUT2D eigenvalue weighted by molar-refractivity contribution is -0.138. The Hall–Kier alpha value is -2.63. The molecule has 6 heteroatoms. The van der Waals surface area contributed by atoms with Crippen LogP contribution in [0.15, 0.2) is 42.1 Å². The number of amides is 2. The quantitative estimate of drug-likeness (QED) is 0.817. The van der Waals surface area contributed by atoms with Gasteiger partial charge in [0, 0.05) is 30.9 Å². The third kappa shape index (κ3) is 3.68. The molecule has 2 atom stereocenters. The fraction of sp³-hybridized carbons (Fsp3) is 0.455. The van der Waals surface area contributed by atoms with Gasteiger partial charge in [-0.05, 0) is 64.0 Å². The Morgan fingerprint density at radius 2 is 1.96 bits per heavy atom. The summed E-state index contributed by atoms with van der Waals surface area (Å²) in [6.07, 6.45) is 6.52. The number of fused-ring (bicyclic) bond motifs is 1. The molecule has 2 N–H and O–H groups in total. The van der Waals surface area contributed by atoms with Crippen molar-refractivity contribution in [3.05, 3.63) is 53.5 Å². The molecule has 1 aliphatic heterocycles. The van der Waals surface area contributed by atoms with Crippen molar-refractivity contribution in [1.29, 1.82) is 0 Å². The van der Waals surface area contributed by atoms with Crippen molar-refractivity contribution in [1.82, 2.24) is 10.2 Å². The van der Waals surface area contributed by atoms with E-state index in [1.54, 1.807) is 19.1 Å². The first-order valence-corrected chi connectivity index (χ1v) is 9.77. The molecule has 2 aliphatic rings. The number of allylic oxidation sites excluding steroid dienone is 2. The van der Waals surface area contributed by atoms with Gasteiger partial charge in [0.1, 0.15) is 11.4 Å². The zero-order valence-electron chi connectivity index (χ0n) is 16.9. The molecule has 0 saturated carbocycles. The molecule has 5 nitrogen and oxygen atoms in total. The number of benzene rings is 1. The van der Waals surface area contributed by atoms with E-state index in [1.807, 2.05) is 37.8 Å². The van der Waals surface area contributed by atoms with E-state index in [0.29, 0.717) is 31.6 Å². The maximum atomic E-state index is 13.5. The van der Waals surface area contributed by atoms with Crippen LogP contribution in [0.2, 0.25) is 0 Å². The first-order chi connectivity index (χ1) is 13.2. The van der Waals surface area contributed by atoms with E-state index in [4.69, 9.17) is 0 Å². The normalized spacial score (nSPS) is 25.5. The molecular formula is C22H28FN3O2. The lowest BCUT2D eigenvalue weighted by atomic mass is 9.81. The molecule has 0 aromatic heterocycles. The van der Waals surface area contributed by atoms with Crippen LogP contribution in [-0.2, 0) is 16.0 Å². The highest BCUT2D eigenvalue weighted by Crippen LogP contribution is 2.34. The molecule has 28 heavy (non-hydrogen) atoms. The summed E-state index contributed by atoms with van der Waals surface area (Å²) in [6, 6.07) is 4.51. The Morgan fingerprint density at radius 1 is 1.25 bits per heavy atom. The van der Waals surface area contributed by atoms with E-state index in [2.05, 4.69) is 10.6 Å². The number of nitrogens with one attached hydrogen (secondary N) is 2. The fourth-order valence-corrected chi connectivity index (χ4v) is 3.81. The predicted molar refractivity (Wildman–Crippen MR) is 108 cm³/mol. The van der Waals surface area contributed by atoms with E-state index in [1.165, 1.54) is 12.1 Å². The Labute approximate surface area is 165 Å². The van der Waals surface area contributed by atoms with Crippen LogP contribution in [0.5, 0.6) is 0 Å².